The molecular formula is C9H16N2O4S. The summed E-state index contributed by atoms with van der Waals surface area (Å²) in [5.41, 5.74) is -0.359. The van der Waals surface area contributed by atoms with E-state index in [0.717, 1.165) is 0 Å². The predicted molar refractivity (Wildman–Crippen MR) is 58.1 cm³/mol. The van der Waals surface area contributed by atoms with Gasteiger partial charge in [-0.2, -0.15) is 0 Å². The van der Waals surface area contributed by atoms with Crippen molar-refractivity contribution in [2.45, 2.75) is 12.0 Å². The molecule has 0 radical (unpaired) electrons. The number of rotatable bonds is 3. The highest BCUT2D eigenvalue weighted by Gasteiger charge is 2.45. The molecule has 16 heavy (non-hydrogen) atoms. The van der Waals surface area contributed by atoms with Crippen LogP contribution in [-0.2, 0) is 14.6 Å². The number of nitrogens with zero attached hydrogens (tertiary/aromatic N) is 1. The molecule has 0 unspecified atom stereocenters. The van der Waals surface area contributed by atoms with Crippen molar-refractivity contribution in [2.75, 3.05) is 37.7 Å². The standard InChI is InChI=1S/C9H16N2O4S/c12-8(13)5-9(6-10-7-9)11-1-3-16(14,15)4-2-11/h10H,1-7H2,(H,12,13). The number of carbonyl (C=O) groups is 1. The minimum absolute atomic E-state index is 0.0834. The second-order valence-electron chi connectivity index (χ2n) is 4.54. The summed E-state index contributed by atoms with van der Waals surface area (Å²) in [7, 11) is -2.90. The van der Waals surface area contributed by atoms with Crippen LogP contribution in [0.4, 0.5) is 0 Å². The number of carboxylic acid groups (broad SMARTS) is 1. The number of hydrogen-bond acceptors (Lipinski definition) is 5. The zero-order valence-corrected chi connectivity index (χ0v) is 9.79. The van der Waals surface area contributed by atoms with Gasteiger partial charge < -0.3 is 10.4 Å². The van der Waals surface area contributed by atoms with Crippen LogP contribution < -0.4 is 5.32 Å². The molecule has 0 amide bonds. The summed E-state index contributed by atoms with van der Waals surface area (Å²) in [6.07, 6.45) is 0.0834. The van der Waals surface area contributed by atoms with Crippen molar-refractivity contribution in [2.24, 2.45) is 0 Å². The Kier molecular flexibility index (Phi) is 2.93. The molecule has 2 aliphatic rings. The van der Waals surface area contributed by atoms with Crippen LogP contribution >= 0.6 is 0 Å². The molecule has 0 aromatic heterocycles. The maximum Gasteiger partial charge on any atom is 0.305 e. The Labute approximate surface area is 94.5 Å². The second kappa shape index (κ2) is 3.97. The summed E-state index contributed by atoms with van der Waals surface area (Å²) in [5, 5.41) is 11.9. The fourth-order valence-electron chi connectivity index (χ4n) is 2.34. The van der Waals surface area contributed by atoms with Gasteiger partial charge >= 0.3 is 5.97 Å². The van der Waals surface area contributed by atoms with Gasteiger partial charge in [0.2, 0.25) is 0 Å². The first-order chi connectivity index (χ1) is 7.44. The summed E-state index contributed by atoms with van der Waals surface area (Å²) in [6.45, 7) is 2.19. The van der Waals surface area contributed by atoms with Gasteiger partial charge in [-0.25, -0.2) is 8.42 Å². The highest BCUT2D eigenvalue weighted by atomic mass is 32.2. The molecule has 2 rings (SSSR count). The number of sulfone groups is 1. The largest absolute Gasteiger partial charge is 0.481 e. The van der Waals surface area contributed by atoms with Crippen LogP contribution in [0.25, 0.3) is 0 Å². The normalized spacial score (nSPS) is 28.2. The molecule has 2 fully saturated rings. The molecule has 0 atom stereocenters. The van der Waals surface area contributed by atoms with Crippen LogP contribution in [0.15, 0.2) is 0 Å². The summed E-state index contributed by atoms with van der Waals surface area (Å²) in [6, 6.07) is 0. The molecule has 92 valence electrons. The second-order valence-corrected chi connectivity index (χ2v) is 6.84. The minimum atomic E-state index is -2.90. The summed E-state index contributed by atoms with van der Waals surface area (Å²) < 4.78 is 22.6. The van der Waals surface area contributed by atoms with E-state index in [0.29, 0.717) is 26.2 Å². The topological polar surface area (TPSA) is 86.7 Å². The van der Waals surface area contributed by atoms with Gasteiger partial charge in [0.15, 0.2) is 9.84 Å². The summed E-state index contributed by atoms with van der Waals surface area (Å²) >= 11 is 0. The van der Waals surface area contributed by atoms with Gasteiger partial charge in [-0.15, -0.1) is 0 Å². The third-order valence-corrected chi connectivity index (χ3v) is 5.01. The Morgan fingerprint density at radius 1 is 1.31 bits per heavy atom. The molecule has 7 heteroatoms. The molecule has 0 saturated carbocycles. The van der Waals surface area contributed by atoms with Crippen LogP contribution in [-0.4, -0.2) is 67.6 Å². The molecule has 2 aliphatic heterocycles. The summed E-state index contributed by atoms with van der Waals surface area (Å²) in [5.74, 6) is -0.530. The average Bonchev–Trinajstić information content (AvgIpc) is 2.11. The first-order valence-corrected chi connectivity index (χ1v) is 7.14. The molecule has 0 spiro atoms. The van der Waals surface area contributed by atoms with Crippen LogP contribution in [0.2, 0.25) is 0 Å². The van der Waals surface area contributed by atoms with Gasteiger partial charge in [0, 0.05) is 26.2 Å². The number of aliphatic carboxylic acids is 1. The molecular weight excluding hydrogens is 232 g/mol. The highest BCUT2D eigenvalue weighted by Crippen LogP contribution is 2.26. The van der Waals surface area contributed by atoms with Gasteiger partial charge in [-0.3, -0.25) is 9.69 Å². The van der Waals surface area contributed by atoms with E-state index in [1.807, 2.05) is 4.90 Å². The Morgan fingerprint density at radius 3 is 2.25 bits per heavy atom. The zero-order valence-electron chi connectivity index (χ0n) is 8.98. The number of hydrogen-bond donors (Lipinski definition) is 2. The third-order valence-electron chi connectivity index (χ3n) is 3.40. The fraction of sp³-hybridized carbons (Fsp3) is 0.889. The van der Waals surface area contributed by atoms with Crippen molar-refractivity contribution in [3.63, 3.8) is 0 Å². The van der Waals surface area contributed by atoms with E-state index >= 15 is 0 Å². The number of nitrogens with one attached hydrogen (secondary N) is 1. The summed E-state index contributed by atoms with van der Waals surface area (Å²) in [4.78, 5) is 12.8. The Balaban J connectivity index is 2.03. The van der Waals surface area contributed by atoms with Crippen LogP contribution in [0.3, 0.4) is 0 Å². The van der Waals surface area contributed by atoms with Crippen molar-refractivity contribution in [3.8, 4) is 0 Å². The van der Waals surface area contributed by atoms with E-state index < -0.39 is 15.8 Å². The van der Waals surface area contributed by atoms with Gasteiger partial charge in [0.1, 0.15) is 0 Å². The van der Waals surface area contributed by atoms with E-state index in [1.54, 1.807) is 0 Å². The first kappa shape index (κ1) is 11.8. The molecule has 0 aromatic rings. The maximum absolute atomic E-state index is 11.3. The maximum atomic E-state index is 11.3. The first-order valence-electron chi connectivity index (χ1n) is 5.32. The molecule has 0 aliphatic carbocycles. The molecule has 6 nitrogen and oxygen atoms in total. The SMILES string of the molecule is O=C(O)CC1(N2CCS(=O)(=O)CC2)CNC1. The zero-order chi connectivity index (χ0) is 11.8. The molecule has 0 bridgehead atoms. The molecule has 0 aromatic carbocycles. The molecule has 2 N–H and O–H groups in total. The van der Waals surface area contributed by atoms with E-state index in [1.165, 1.54) is 0 Å². The van der Waals surface area contributed by atoms with E-state index in [-0.39, 0.29) is 23.5 Å². The van der Waals surface area contributed by atoms with E-state index in [4.69, 9.17) is 5.11 Å². The van der Waals surface area contributed by atoms with Crippen molar-refractivity contribution in [1.82, 2.24) is 10.2 Å². The Morgan fingerprint density at radius 2 is 1.88 bits per heavy atom. The smallest absolute Gasteiger partial charge is 0.305 e. The van der Waals surface area contributed by atoms with Crippen LogP contribution in [0, 0.1) is 0 Å². The van der Waals surface area contributed by atoms with Crippen molar-refractivity contribution in [1.29, 1.82) is 0 Å². The van der Waals surface area contributed by atoms with Crippen molar-refractivity contribution >= 4 is 15.8 Å². The van der Waals surface area contributed by atoms with E-state index in [2.05, 4.69) is 5.32 Å². The lowest BCUT2D eigenvalue weighted by Crippen LogP contribution is -2.71. The third kappa shape index (κ3) is 2.21. The van der Waals surface area contributed by atoms with Gasteiger partial charge in [-0.1, -0.05) is 0 Å². The van der Waals surface area contributed by atoms with Gasteiger partial charge in [-0.05, 0) is 0 Å². The quantitative estimate of drug-likeness (QED) is 0.634. The van der Waals surface area contributed by atoms with Crippen LogP contribution in [0.1, 0.15) is 6.42 Å². The Hall–Kier alpha value is -0.660. The monoisotopic (exact) mass is 248 g/mol. The Bertz CT molecular complexity index is 374. The lowest BCUT2D eigenvalue weighted by Gasteiger charge is -2.51. The number of carboxylic acids is 1. The fourth-order valence-corrected chi connectivity index (χ4v) is 3.54. The van der Waals surface area contributed by atoms with Gasteiger partial charge in [0.05, 0.1) is 23.5 Å². The van der Waals surface area contributed by atoms with Crippen LogP contribution in [0.5, 0.6) is 0 Å². The highest BCUT2D eigenvalue weighted by molar-refractivity contribution is 7.91. The molecule has 2 heterocycles. The van der Waals surface area contributed by atoms with Crippen molar-refractivity contribution in [3.05, 3.63) is 0 Å². The predicted octanol–water partition coefficient (Wildman–Crippen LogP) is -1.47. The lowest BCUT2D eigenvalue weighted by atomic mass is 9.86. The van der Waals surface area contributed by atoms with Gasteiger partial charge in [0.25, 0.3) is 0 Å². The van der Waals surface area contributed by atoms with E-state index in [9.17, 15) is 13.2 Å². The van der Waals surface area contributed by atoms with Crippen molar-refractivity contribution < 1.29 is 18.3 Å². The lowest BCUT2D eigenvalue weighted by molar-refractivity contribution is -0.141. The average molecular weight is 248 g/mol. The minimum Gasteiger partial charge on any atom is -0.481 e. The molecule has 2 saturated heterocycles.